The summed E-state index contributed by atoms with van der Waals surface area (Å²) in [7, 11) is 0. The van der Waals surface area contributed by atoms with Crippen LogP contribution in [-0.4, -0.2) is 54.8 Å². The monoisotopic (exact) mass is 251 g/mol. The molecule has 1 fully saturated rings. The van der Waals surface area contributed by atoms with E-state index in [4.69, 9.17) is 9.84 Å². The largest absolute Gasteiger partial charge is 0.394 e. The van der Waals surface area contributed by atoms with Crippen molar-refractivity contribution >= 4 is 11.2 Å². The molecule has 3 rings (SSSR count). The van der Waals surface area contributed by atoms with E-state index < -0.39 is 24.5 Å². The molecule has 0 saturated carbocycles. The third-order valence-electron chi connectivity index (χ3n) is 3.12. The standard InChI is InChI=1S/C11H13N3O4/c15-4-7-8(16)9(17)11(18-7)14-5-13-6-2-1-3-12-10(6)14/h1-3,5,7-9,11,15-17H,4H2/t7-,8-,9+,11-/m1/s1. The molecule has 0 radical (unpaired) electrons. The Morgan fingerprint density at radius 3 is 2.83 bits per heavy atom. The molecular weight excluding hydrogens is 238 g/mol. The molecule has 0 unspecified atom stereocenters. The van der Waals surface area contributed by atoms with Crippen LogP contribution in [0.5, 0.6) is 0 Å². The Morgan fingerprint density at radius 1 is 1.28 bits per heavy atom. The minimum atomic E-state index is -1.12. The van der Waals surface area contributed by atoms with Gasteiger partial charge in [-0.2, -0.15) is 0 Å². The van der Waals surface area contributed by atoms with E-state index in [9.17, 15) is 10.2 Å². The van der Waals surface area contributed by atoms with Crippen molar-refractivity contribution in [2.75, 3.05) is 6.61 Å². The molecule has 1 aliphatic heterocycles. The van der Waals surface area contributed by atoms with Gasteiger partial charge in [-0.05, 0) is 12.1 Å². The number of aliphatic hydroxyl groups is 3. The summed E-state index contributed by atoms with van der Waals surface area (Å²) in [6, 6.07) is 3.55. The van der Waals surface area contributed by atoms with Crippen molar-refractivity contribution in [2.24, 2.45) is 0 Å². The van der Waals surface area contributed by atoms with E-state index in [-0.39, 0.29) is 6.61 Å². The van der Waals surface area contributed by atoms with E-state index in [0.29, 0.717) is 11.2 Å². The first kappa shape index (κ1) is 11.5. The third-order valence-corrected chi connectivity index (χ3v) is 3.12. The van der Waals surface area contributed by atoms with Crippen molar-refractivity contribution in [3.63, 3.8) is 0 Å². The van der Waals surface area contributed by atoms with Crippen LogP contribution in [0.2, 0.25) is 0 Å². The first-order chi connectivity index (χ1) is 8.72. The predicted molar refractivity (Wildman–Crippen MR) is 60.5 cm³/mol. The van der Waals surface area contributed by atoms with Crippen LogP contribution in [0.1, 0.15) is 6.23 Å². The molecule has 0 aliphatic carbocycles. The average molecular weight is 251 g/mol. The maximum atomic E-state index is 9.93. The quantitative estimate of drug-likeness (QED) is 0.635. The second-order valence-corrected chi connectivity index (χ2v) is 4.23. The minimum Gasteiger partial charge on any atom is -0.394 e. The van der Waals surface area contributed by atoms with Crippen molar-refractivity contribution in [1.29, 1.82) is 0 Å². The number of hydrogen-bond donors (Lipinski definition) is 3. The van der Waals surface area contributed by atoms with Crippen LogP contribution >= 0.6 is 0 Å². The predicted octanol–water partition coefficient (Wildman–Crippen LogP) is -0.957. The van der Waals surface area contributed by atoms with Gasteiger partial charge in [0.05, 0.1) is 12.9 Å². The number of aliphatic hydroxyl groups excluding tert-OH is 3. The van der Waals surface area contributed by atoms with E-state index in [2.05, 4.69) is 9.97 Å². The first-order valence-electron chi connectivity index (χ1n) is 5.62. The number of imidazole rings is 1. The molecule has 96 valence electrons. The van der Waals surface area contributed by atoms with E-state index in [0.717, 1.165) is 0 Å². The number of pyridine rings is 1. The molecule has 3 heterocycles. The smallest absolute Gasteiger partial charge is 0.165 e. The molecule has 1 aliphatic rings. The maximum Gasteiger partial charge on any atom is 0.165 e. The van der Waals surface area contributed by atoms with Gasteiger partial charge in [0.2, 0.25) is 0 Å². The van der Waals surface area contributed by atoms with Crippen LogP contribution in [0.15, 0.2) is 24.7 Å². The molecule has 0 bridgehead atoms. The van der Waals surface area contributed by atoms with Crippen molar-refractivity contribution in [1.82, 2.24) is 14.5 Å². The summed E-state index contributed by atoms with van der Waals surface area (Å²) in [5.41, 5.74) is 1.24. The summed E-state index contributed by atoms with van der Waals surface area (Å²) >= 11 is 0. The number of fused-ring (bicyclic) bond motifs is 1. The van der Waals surface area contributed by atoms with Gasteiger partial charge in [-0.1, -0.05) is 0 Å². The third kappa shape index (κ3) is 1.60. The van der Waals surface area contributed by atoms with Gasteiger partial charge in [-0.3, -0.25) is 4.57 Å². The molecule has 0 spiro atoms. The number of rotatable bonds is 2. The average Bonchev–Trinajstić information content (AvgIpc) is 2.93. The van der Waals surface area contributed by atoms with Crippen LogP contribution in [0.4, 0.5) is 0 Å². The van der Waals surface area contributed by atoms with Gasteiger partial charge in [0.25, 0.3) is 0 Å². The lowest BCUT2D eigenvalue weighted by Gasteiger charge is -2.16. The summed E-state index contributed by atoms with van der Waals surface area (Å²) in [5, 5.41) is 28.7. The number of aromatic nitrogens is 3. The number of hydrogen-bond acceptors (Lipinski definition) is 6. The number of nitrogens with zero attached hydrogens (tertiary/aromatic N) is 3. The minimum absolute atomic E-state index is 0.352. The van der Waals surface area contributed by atoms with Gasteiger partial charge in [0.1, 0.15) is 23.8 Å². The zero-order chi connectivity index (χ0) is 12.7. The van der Waals surface area contributed by atoms with E-state index in [1.165, 1.54) is 6.33 Å². The van der Waals surface area contributed by atoms with E-state index in [1.807, 2.05) is 0 Å². The van der Waals surface area contributed by atoms with E-state index in [1.54, 1.807) is 22.9 Å². The Hall–Kier alpha value is -1.54. The van der Waals surface area contributed by atoms with Gasteiger partial charge < -0.3 is 20.1 Å². The molecule has 2 aromatic rings. The molecule has 3 N–H and O–H groups in total. The van der Waals surface area contributed by atoms with Crippen molar-refractivity contribution in [3.8, 4) is 0 Å². The van der Waals surface area contributed by atoms with Gasteiger partial charge in [-0.15, -0.1) is 0 Å². The lowest BCUT2D eigenvalue weighted by atomic mass is 10.1. The Morgan fingerprint density at radius 2 is 2.11 bits per heavy atom. The van der Waals surface area contributed by atoms with Crippen molar-refractivity contribution < 1.29 is 20.1 Å². The summed E-state index contributed by atoms with van der Waals surface area (Å²) in [6.07, 6.45) is -0.731. The molecule has 7 heteroatoms. The highest BCUT2D eigenvalue weighted by molar-refractivity contribution is 5.70. The van der Waals surface area contributed by atoms with Crippen molar-refractivity contribution in [3.05, 3.63) is 24.7 Å². The second kappa shape index (κ2) is 4.29. The molecule has 0 amide bonds. The van der Waals surface area contributed by atoms with Crippen molar-refractivity contribution in [2.45, 2.75) is 24.5 Å². The summed E-state index contributed by atoms with van der Waals surface area (Å²) in [4.78, 5) is 8.30. The van der Waals surface area contributed by atoms with Crippen LogP contribution in [0, 0.1) is 0 Å². The maximum absolute atomic E-state index is 9.93. The highest BCUT2D eigenvalue weighted by Gasteiger charge is 2.43. The topological polar surface area (TPSA) is 101 Å². The summed E-state index contributed by atoms with van der Waals surface area (Å²) in [5.74, 6) is 0. The van der Waals surface area contributed by atoms with Crippen LogP contribution in [0.25, 0.3) is 11.2 Å². The molecular formula is C11H13N3O4. The Kier molecular flexibility index (Phi) is 2.75. The lowest BCUT2D eigenvalue weighted by Crippen LogP contribution is -2.33. The summed E-state index contributed by atoms with van der Waals surface area (Å²) in [6.45, 7) is -0.352. The van der Waals surface area contributed by atoms with Gasteiger partial charge in [-0.25, -0.2) is 9.97 Å². The zero-order valence-electron chi connectivity index (χ0n) is 9.42. The normalized spacial score (nSPS) is 32.2. The molecule has 18 heavy (non-hydrogen) atoms. The van der Waals surface area contributed by atoms with Crippen LogP contribution in [-0.2, 0) is 4.74 Å². The molecule has 0 aromatic carbocycles. The van der Waals surface area contributed by atoms with Gasteiger partial charge in [0, 0.05) is 6.20 Å². The molecule has 1 saturated heterocycles. The van der Waals surface area contributed by atoms with Gasteiger partial charge >= 0.3 is 0 Å². The number of ether oxygens (including phenoxy) is 1. The lowest BCUT2D eigenvalue weighted by molar-refractivity contribution is -0.0511. The fraction of sp³-hybridized carbons (Fsp3) is 0.455. The highest BCUT2D eigenvalue weighted by Crippen LogP contribution is 2.30. The fourth-order valence-electron chi connectivity index (χ4n) is 2.16. The summed E-state index contributed by atoms with van der Waals surface area (Å²) < 4.78 is 6.98. The van der Waals surface area contributed by atoms with E-state index >= 15 is 0 Å². The van der Waals surface area contributed by atoms with Crippen LogP contribution < -0.4 is 0 Å². The van der Waals surface area contributed by atoms with Crippen LogP contribution in [0.3, 0.4) is 0 Å². The van der Waals surface area contributed by atoms with Gasteiger partial charge in [0.15, 0.2) is 11.9 Å². The fourth-order valence-corrected chi connectivity index (χ4v) is 2.16. The molecule has 4 atom stereocenters. The highest BCUT2D eigenvalue weighted by atomic mass is 16.6. The Bertz CT molecular complexity index is 558. The Labute approximate surface area is 102 Å². The molecule has 2 aromatic heterocycles. The zero-order valence-corrected chi connectivity index (χ0v) is 9.42. The first-order valence-corrected chi connectivity index (χ1v) is 5.62. The Balaban J connectivity index is 2.00. The molecule has 7 nitrogen and oxygen atoms in total. The second-order valence-electron chi connectivity index (χ2n) is 4.23. The SMILES string of the molecule is OC[C@H]1O[C@@H](n2cnc3cccnc32)[C@@H](O)[C@@H]1O.